The summed E-state index contributed by atoms with van der Waals surface area (Å²) < 4.78 is 40.0. The zero-order chi connectivity index (χ0) is 22.0. The highest BCUT2D eigenvalue weighted by Crippen LogP contribution is 2.30. The van der Waals surface area contributed by atoms with Crippen LogP contribution >= 0.6 is 0 Å². The Balaban J connectivity index is 1.79. The predicted molar refractivity (Wildman–Crippen MR) is 96.3 cm³/mol. The smallest absolute Gasteiger partial charge is 0.418 e. The van der Waals surface area contributed by atoms with E-state index in [-0.39, 0.29) is 26.1 Å². The molecule has 2 N–H and O–H groups in total. The lowest BCUT2D eigenvalue weighted by molar-refractivity contribution is -0.139. The van der Waals surface area contributed by atoms with E-state index in [9.17, 15) is 22.8 Å². The molecule has 2 atom stereocenters. The number of amides is 4. The number of urea groups is 1. The lowest BCUT2D eigenvalue weighted by Crippen LogP contribution is -2.50. The Morgan fingerprint density at radius 2 is 1.97 bits per heavy atom. The van der Waals surface area contributed by atoms with Crippen molar-refractivity contribution in [1.82, 2.24) is 20.3 Å². The number of fused-ring (bicyclic) bond motifs is 2. The standard InChI is InChI=1S/C15H26N4O9S/c1-15(2,3)27-14(22)17(4)7-8-26-16-12(20)11-6-5-10-9-18(11)13(21)19(10)28-29(23,24)25/h10-11H,5-9H2,1-4H3,(H,16,20)(H,23,24,25)/t10-,11+/m1/s1. The van der Waals surface area contributed by atoms with Gasteiger partial charge < -0.3 is 14.5 Å². The van der Waals surface area contributed by atoms with Gasteiger partial charge in [0.2, 0.25) is 0 Å². The van der Waals surface area contributed by atoms with Crippen LogP contribution in [0, 0.1) is 0 Å². The molecule has 2 heterocycles. The molecule has 0 aromatic rings. The summed E-state index contributed by atoms with van der Waals surface area (Å²) in [4.78, 5) is 43.9. The van der Waals surface area contributed by atoms with Gasteiger partial charge in [-0.1, -0.05) is 0 Å². The van der Waals surface area contributed by atoms with Crippen LogP contribution < -0.4 is 5.48 Å². The summed E-state index contributed by atoms with van der Waals surface area (Å²) in [6.07, 6.45) is 0.0266. The fourth-order valence-electron chi connectivity index (χ4n) is 2.91. The van der Waals surface area contributed by atoms with Crippen molar-refractivity contribution in [3.05, 3.63) is 0 Å². The number of hydrogen-bond acceptors (Lipinski definition) is 8. The molecule has 2 aliphatic rings. The van der Waals surface area contributed by atoms with E-state index in [1.165, 1.54) is 11.9 Å². The van der Waals surface area contributed by atoms with Gasteiger partial charge in [-0.05, 0) is 33.6 Å². The number of carbonyl (C=O) groups is 3. The molecule has 2 fully saturated rings. The highest BCUT2D eigenvalue weighted by atomic mass is 32.3. The molecule has 14 heteroatoms. The Hall–Kier alpha value is -2.16. The molecular weight excluding hydrogens is 412 g/mol. The normalized spacial score (nSPS) is 21.9. The van der Waals surface area contributed by atoms with E-state index >= 15 is 0 Å². The molecule has 0 aromatic carbocycles. The maximum Gasteiger partial charge on any atom is 0.418 e. The molecule has 2 bridgehead atoms. The average Bonchev–Trinajstić information content (AvgIpc) is 2.80. The third kappa shape index (κ3) is 6.42. The Morgan fingerprint density at radius 1 is 1.31 bits per heavy atom. The zero-order valence-electron chi connectivity index (χ0n) is 16.7. The van der Waals surface area contributed by atoms with E-state index in [1.54, 1.807) is 20.8 Å². The van der Waals surface area contributed by atoms with Crippen molar-refractivity contribution >= 4 is 28.4 Å². The largest absolute Gasteiger partial charge is 0.444 e. The molecule has 2 rings (SSSR count). The number of hydroxylamine groups is 3. The van der Waals surface area contributed by atoms with E-state index in [2.05, 4.69) is 9.76 Å². The first-order chi connectivity index (χ1) is 13.3. The van der Waals surface area contributed by atoms with Crippen LogP contribution in [0.1, 0.15) is 33.6 Å². The molecule has 0 unspecified atom stereocenters. The van der Waals surface area contributed by atoms with Crippen molar-refractivity contribution in [1.29, 1.82) is 0 Å². The highest BCUT2D eigenvalue weighted by molar-refractivity contribution is 7.80. The summed E-state index contributed by atoms with van der Waals surface area (Å²) in [5, 5.41) is 0.555. The fraction of sp³-hybridized carbons (Fsp3) is 0.800. The lowest BCUT2D eigenvalue weighted by Gasteiger charge is -2.29. The molecule has 0 spiro atoms. The molecule has 166 valence electrons. The first kappa shape index (κ1) is 23.1. The number of likely N-dealkylation sites (N-methyl/N-ethyl adjacent to an activating group) is 1. The zero-order valence-corrected chi connectivity index (χ0v) is 17.5. The lowest BCUT2D eigenvalue weighted by atomic mass is 10.0. The molecule has 13 nitrogen and oxygen atoms in total. The number of carbonyl (C=O) groups excluding carboxylic acids is 3. The van der Waals surface area contributed by atoms with Gasteiger partial charge in [0.1, 0.15) is 11.6 Å². The third-order valence-corrected chi connectivity index (χ3v) is 4.56. The van der Waals surface area contributed by atoms with Crippen LogP contribution in [0.15, 0.2) is 0 Å². The molecule has 0 saturated carbocycles. The van der Waals surface area contributed by atoms with Crippen LogP contribution in [0.25, 0.3) is 0 Å². The van der Waals surface area contributed by atoms with Gasteiger partial charge in [0.25, 0.3) is 5.91 Å². The van der Waals surface area contributed by atoms with Gasteiger partial charge in [-0.15, -0.1) is 4.28 Å². The van der Waals surface area contributed by atoms with Gasteiger partial charge in [-0.2, -0.15) is 13.5 Å². The monoisotopic (exact) mass is 438 g/mol. The maximum atomic E-state index is 12.3. The quantitative estimate of drug-likeness (QED) is 0.315. The number of nitrogens with one attached hydrogen (secondary N) is 1. The fourth-order valence-corrected chi connectivity index (χ4v) is 3.30. The third-order valence-electron chi connectivity index (χ3n) is 4.21. The van der Waals surface area contributed by atoms with Crippen LogP contribution in [0.5, 0.6) is 0 Å². The van der Waals surface area contributed by atoms with Crippen molar-refractivity contribution in [3.8, 4) is 0 Å². The maximum absolute atomic E-state index is 12.3. The van der Waals surface area contributed by atoms with Crippen LogP contribution in [0.3, 0.4) is 0 Å². The minimum Gasteiger partial charge on any atom is -0.444 e. The summed E-state index contributed by atoms with van der Waals surface area (Å²) in [5.41, 5.74) is 1.59. The van der Waals surface area contributed by atoms with Gasteiger partial charge in [0, 0.05) is 20.1 Å². The molecule has 4 amide bonds. The van der Waals surface area contributed by atoms with E-state index in [0.29, 0.717) is 11.5 Å². The number of ether oxygens (including phenoxy) is 1. The van der Waals surface area contributed by atoms with Crippen molar-refractivity contribution in [2.75, 3.05) is 26.7 Å². The topological polar surface area (TPSA) is 155 Å². The number of rotatable bonds is 7. The Bertz CT molecular complexity index is 751. The number of piperidine rings is 1. The van der Waals surface area contributed by atoms with Gasteiger partial charge >= 0.3 is 22.5 Å². The van der Waals surface area contributed by atoms with Gasteiger partial charge in [0.15, 0.2) is 0 Å². The Morgan fingerprint density at radius 3 is 2.55 bits per heavy atom. The van der Waals surface area contributed by atoms with Crippen LogP contribution in [0.4, 0.5) is 9.59 Å². The van der Waals surface area contributed by atoms with Crippen molar-refractivity contribution in [3.63, 3.8) is 0 Å². The van der Waals surface area contributed by atoms with Gasteiger partial charge in [-0.25, -0.2) is 15.1 Å². The van der Waals surface area contributed by atoms with Gasteiger partial charge in [0.05, 0.1) is 12.6 Å². The van der Waals surface area contributed by atoms with E-state index in [4.69, 9.17) is 14.1 Å². The Kier molecular flexibility index (Phi) is 6.93. The van der Waals surface area contributed by atoms with Crippen molar-refractivity contribution in [2.24, 2.45) is 0 Å². The minimum atomic E-state index is -4.85. The molecule has 0 aromatic heterocycles. The number of hydrogen-bond donors (Lipinski definition) is 2. The summed E-state index contributed by atoms with van der Waals surface area (Å²) in [5.74, 6) is -0.592. The molecule has 2 saturated heterocycles. The molecule has 0 aliphatic carbocycles. The average molecular weight is 438 g/mol. The van der Waals surface area contributed by atoms with Crippen molar-refractivity contribution in [2.45, 2.75) is 51.3 Å². The van der Waals surface area contributed by atoms with E-state index in [1.807, 2.05) is 0 Å². The molecule has 2 aliphatic heterocycles. The minimum absolute atomic E-state index is 0.0111. The van der Waals surface area contributed by atoms with Gasteiger partial charge in [-0.3, -0.25) is 14.2 Å². The summed E-state index contributed by atoms with van der Waals surface area (Å²) in [7, 11) is -3.33. The first-order valence-corrected chi connectivity index (χ1v) is 10.3. The van der Waals surface area contributed by atoms with Crippen LogP contribution in [-0.4, -0.2) is 90.3 Å². The number of nitrogens with zero attached hydrogens (tertiary/aromatic N) is 3. The first-order valence-electron chi connectivity index (χ1n) is 8.91. The summed E-state index contributed by atoms with van der Waals surface area (Å²) in [6, 6.07) is -2.30. The van der Waals surface area contributed by atoms with Crippen molar-refractivity contribution < 1.29 is 41.2 Å². The summed E-state index contributed by atoms with van der Waals surface area (Å²) >= 11 is 0. The molecular formula is C15H26N4O9S. The second kappa shape index (κ2) is 8.69. The predicted octanol–water partition coefficient (Wildman–Crippen LogP) is -0.0959. The second-order valence-electron chi connectivity index (χ2n) is 7.73. The molecule has 29 heavy (non-hydrogen) atoms. The Labute approximate surface area is 168 Å². The summed E-state index contributed by atoms with van der Waals surface area (Å²) in [6.45, 7) is 5.45. The SMILES string of the molecule is CN(CCONC(=O)[C@@H]1CC[C@@H]2CN1C(=O)N2OS(=O)(=O)O)C(=O)OC(C)(C)C. The van der Waals surface area contributed by atoms with Crippen LogP contribution in [-0.2, 0) is 29.1 Å². The second-order valence-corrected chi connectivity index (χ2v) is 8.73. The van der Waals surface area contributed by atoms with E-state index < -0.39 is 46.1 Å². The highest BCUT2D eigenvalue weighted by Gasteiger charge is 2.49. The van der Waals surface area contributed by atoms with E-state index in [0.717, 1.165) is 4.90 Å². The van der Waals surface area contributed by atoms with Crippen LogP contribution in [0.2, 0.25) is 0 Å². The molecule has 0 radical (unpaired) electrons.